The highest BCUT2D eigenvalue weighted by Crippen LogP contribution is 2.23. The number of carbonyl (C=O) groups is 2. The molecule has 1 heterocycles. The number of carbonyl (C=O) groups excluding carboxylic acids is 2. The summed E-state index contributed by atoms with van der Waals surface area (Å²) in [5.74, 6) is 0.105. The lowest BCUT2D eigenvalue weighted by atomic mass is 10.0. The molecular weight excluding hydrogens is 348 g/mol. The van der Waals surface area contributed by atoms with Gasteiger partial charge < -0.3 is 19.5 Å². The van der Waals surface area contributed by atoms with E-state index in [0.717, 1.165) is 38.0 Å². The van der Waals surface area contributed by atoms with Crippen LogP contribution in [0.5, 0.6) is 5.75 Å². The van der Waals surface area contributed by atoms with Crippen LogP contribution in [0.4, 0.5) is 4.79 Å². The molecule has 0 unspecified atom stereocenters. The number of amides is 1. The van der Waals surface area contributed by atoms with Gasteiger partial charge in [-0.3, -0.25) is 4.90 Å². The maximum absolute atomic E-state index is 11.9. The molecule has 0 bridgehead atoms. The van der Waals surface area contributed by atoms with Crippen molar-refractivity contribution in [2.45, 2.75) is 51.8 Å². The minimum absolute atomic E-state index is 0.132. The van der Waals surface area contributed by atoms with Crippen LogP contribution in [0.2, 0.25) is 0 Å². The van der Waals surface area contributed by atoms with Crippen LogP contribution < -0.4 is 10.1 Å². The van der Waals surface area contributed by atoms with E-state index >= 15 is 0 Å². The number of piperidine rings is 1. The largest absolute Gasteiger partial charge is 0.496 e. The molecule has 0 spiro atoms. The first-order valence-corrected chi connectivity index (χ1v) is 9.19. The standard InChI is InChI=1S/C20H30N2O5/c1-20(2,3)27-19(24)21-15-8-10-22(11-9-15)13-14-6-7-16(18(23)26-5)17(12-14)25-4/h6-7,12,15H,8-11,13H2,1-5H3,(H,21,24). The van der Waals surface area contributed by atoms with E-state index in [2.05, 4.69) is 10.2 Å². The molecule has 27 heavy (non-hydrogen) atoms. The van der Waals surface area contributed by atoms with Gasteiger partial charge >= 0.3 is 12.1 Å². The molecular formula is C20H30N2O5. The van der Waals surface area contributed by atoms with Gasteiger partial charge in [-0.2, -0.15) is 0 Å². The van der Waals surface area contributed by atoms with Gasteiger partial charge in [0.15, 0.2) is 0 Å². The topological polar surface area (TPSA) is 77.1 Å². The fraction of sp³-hybridized carbons (Fsp3) is 0.600. The number of ether oxygens (including phenoxy) is 3. The monoisotopic (exact) mass is 378 g/mol. The first-order valence-electron chi connectivity index (χ1n) is 9.19. The van der Waals surface area contributed by atoms with Crippen LogP contribution in [0.15, 0.2) is 18.2 Å². The fourth-order valence-corrected chi connectivity index (χ4v) is 3.08. The molecule has 1 aliphatic rings. The Bertz CT molecular complexity index is 661. The first-order chi connectivity index (χ1) is 12.7. The van der Waals surface area contributed by atoms with Crippen LogP contribution in [0.3, 0.4) is 0 Å². The fourth-order valence-electron chi connectivity index (χ4n) is 3.08. The van der Waals surface area contributed by atoms with E-state index in [1.807, 2.05) is 32.9 Å². The number of hydrogen-bond donors (Lipinski definition) is 1. The number of nitrogens with zero attached hydrogens (tertiary/aromatic N) is 1. The van der Waals surface area contributed by atoms with Gasteiger partial charge in [-0.1, -0.05) is 6.07 Å². The second kappa shape index (κ2) is 9.08. The third-order valence-corrected chi connectivity index (χ3v) is 4.39. The Morgan fingerprint density at radius 2 is 1.85 bits per heavy atom. The van der Waals surface area contributed by atoms with Crippen molar-refractivity contribution < 1.29 is 23.8 Å². The van der Waals surface area contributed by atoms with Gasteiger partial charge in [0.2, 0.25) is 0 Å². The Morgan fingerprint density at radius 3 is 2.41 bits per heavy atom. The zero-order valence-electron chi connectivity index (χ0n) is 16.8. The Morgan fingerprint density at radius 1 is 1.19 bits per heavy atom. The van der Waals surface area contributed by atoms with Crippen molar-refractivity contribution in [2.24, 2.45) is 0 Å². The predicted molar refractivity (Wildman–Crippen MR) is 102 cm³/mol. The highest BCUT2D eigenvalue weighted by atomic mass is 16.6. The molecule has 7 nitrogen and oxygen atoms in total. The number of nitrogens with one attached hydrogen (secondary N) is 1. The quantitative estimate of drug-likeness (QED) is 0.794. The molecule has 1 N–H and O–H groups in total. The highest BCUT2D eigenvalue weighted by molar-refractivity contribution is 5.92. The zero-order valence-corrected chi connectivity index (χ0v) is 16.8. The summed E-state index contributed by atoms with van der Waals surface area (Å²) in [6, 6.07) is 5.65. The van der Waals surface area contributed by atoms with E-state index in [4.69, 9.17) is 14.2 Å². The summed E-state index contributed by atoms with van der Waals surface area (Å²) in [5, 5.41) is 2.95. The molecule has 7 heteroatoms. The highest BCUT2D eigenvalue weighted by Gasteiger charge is 2.24. The lowest BCUT2D eigenvalue weighted by Gasteiger charge is -2.33. The molecule has 0 aliphatic carbocycles. The number of alkyl carbamates (subject to hydrolysis) is 1. The van der Waals surface area contributed by atoms with Gasteiger partial charge in [-0.05, 0) is 51.3 Å². The number of benzene rings is 1. The number of hydrogen-bond acceptors (Lipinski definition) is 6. The summed E-state index contributed by atoms with van der Waals surface area (Å²) in [7, 11) is 2.89. The van der Waals surface area contributed by atoms with E-state index in [-0.39, 0.29) is 12.1 Å². The molecule has 0 atom stereocenters. The molecule has 1 fully saturated rings. The predicted octanol–water partition coefficient (Wildman–Crippen LogP) is 2.97. The first kappa shape index (κ1) is 21.0. The van der Waals surface area contributed by atoms with Crippen LogP contribution >= 0.6 is 0 Å². The smallest absolute Gasteiger partial charge is 0.407 e. The van der Waals surface area contributed by atoms with Gasteiger partial charge in [-0.15, -0.1) is 0 Å². The van der Waals surface area contributed by atoms with E-state index in [9.17, 15) is 9.59 Å². The van der Waals surface area contributed by atoms with E-state index in [1.165, 1.54) is 7.11 Å². The van der Waals surface area contributed by atoms with Crippen molar-refractivity contribution in [3.8, 4) is 5.75 Å². The van der Waals surface area contributed by atoms with Gasteiger partial charge in [0.25, 0.3) is 0 Å². The Balaban J connectivity index is 1.87. The summed E-state index contributed by atoms with van der Waals surface area (Å²) in [6.45, 7) is 8.08. The van der Waals surface area contributed by atoms with Gasteiger partial charge in [0, 0.05) is 25.7 Å². The molecule has 1 saturated heterocycles. The molecule has 2 rings (SSSR count). The molecule has 1 amide bonds. The molecule has 0 radical (unpaired) electrons. The Hall–Kier alpha value is -2.28. The lowest BCUT2D eigenvalue weighted by molar-refractivity contribution is 0.0476. The van der Waals surface area contributed by atoms with Crippen LogP contribution in [-0.2, 0) is 16.0 Å². The van der Waals surface area contributed by atoms with Crippen molar-refractivity contribution in [2.75, 3.05) is 27.3 Å². The Labute approximate surface area is 161 Å². The molecule has 150 valence electrons. The normalized spacial score (nSPS) is 15.9. The van der Waals surface area contributed by atoms with Gasteiger partial charge in [0.05, 0.1) is 14.2 Å². The minimum Gasteiger partial charge on any atom is -0.496 e. The summed E-state index contributed by atoms with van der Waals surface area (Å²) >= 11 is 0. The van der Waals surface area contributed by atoms with Crippen LogP contribution in [0, 0.1) is 0 Å². The van der Waals surface area contributed by atoms with E-state index < -0.39 is 11.6 Å². The van der Waals surface area contributed by atoms with Crippen molar-refractivity contribution in [1.29, 1.82) is 0 Å². The van der Waals surface area contributed by atoms with Gasteiger partial charge in [-0.25, -0.2) is 9.59 Å². The molecule has 1 aromatic carbocycles. The maximum atomic E-state index is 11.9. The molecule has 0 saturated carbocycles. The third kappa shape index (κ3) is 6.43. The SMILES string of the molecule is COC(=O)c1ccc(CN2CCC(NC(=O)OC(C)(C)C)CC2)cc1OC. The average Bonchev–Trinajstić information content (AvgIpc) is 2.61. The summed E-state index contributed by atoms with van der Waals surface area (Å²) in [6.07, 6.45) is 1.39. The third-order valence-electron chi connectivity index (χ3n) is 4.39. The van der Waals surface area contributed by atoms with Gasteiger partial charge in [0.1, 0.15) is 16.9 Å². The minimum atomic E-state index is -0.486. The summed E-state index contributed by atoms with van der Waals surface area (Å²) in [4.78, 5) is 26.0. The number of esters is 1. The molecule has 0 aromatic heterocycles. The van der Waals surface area contributed by atoms with E-state index in [1.54, 1.807) is 13.2 Å². The van der Waals surface area contributed by atoms with Crippen molar-refractivity contribution in [3.05, 3.63) is 29.3 Å². The molecule has 1 aromatic rings. The second-order valence-electron chi connectivity index (χ2n) is 7.72. The maximum Gasteiger partial charge on any atom is 0.407 e. The van der Waals surface area contributed by atoms with Crippen molar-refractivity contribution in [3.63, 3.8) is 0 Å². The molecule has 1 aliphatic heterocycles. The summed E-state index contributed by atoms with van der Waals surface area (Å²) < 4.78 is 15.4. The summed E-state index contributed by atoms with van der Waals surface area (Å²) in [5.41, 5.74) is 1.00. The van der Waals surface area contributed by atoms with Crippen molar-refractivity contribution >= 4 is 12.1 Å². The zero-order chi connectivity index (χ0) is 20.0. The van der Waals surface area contributed by atoms with Crippen molar-refractivity contribution in [1.82, 2.24) is 10.2 Å². The second-order valence-corrected chi connectivity index (χ2v) is 7.72. The Kier molecular flexibility index (Phi) is 7.07. The number of methoxy groups -OCH3 is 2. The van der Waals surface area contributed by atoms with E-state index in [0.29, 0.717) is 11.3 Å². The van der Waals surface area contributed by atoms with Crippen LogP contribution in [0.25, 0.3) is 0 Å². The lowest BCUT2D eigenvalue weighted by Crippen LogP contribution is -2.45. The number of likely N-dealkylation sites (tertiary alicyclic amines) is 1. The van der Waals surface area contributed by atoms with Crippen LogP contribution in [0.1, 0.15) is 49.5 Å². The number of rotatable bonds is 5. The van der Waals surface area contributed by atoms with Crippen LogP contribution in [-0.4, -0.2) is 55.9 Å². The average molecular weight is 378 g/mol.